The standard InChI is InChI=1S/C27H40N8O3/c1-15-21(10-11-34(15)16(2)36)31-27(29)35(14-28)19-8-9-22-20(12-19)23(26(38)30-13-17-4-5-17)24(33(22)3)32-25(37)18-6-7-18/h14-15,17-19,21,28H,4-13H2,1-3H3,(H4,29,30,31,32,37,38)/p+1/t15?,19-,21?/m0/s1. The number of amides is 3. The zero-order valence-corrected chi connectivity index (χ0v) is 22.7. The van der Waals surface area contributed by atoms with Gasteiger partial charge in [0.25, 0.3) is 5.91 Å². The van der Waals surface area contributed by atoms with E-state index < -0.39 is 0 Å². The van der Waals surface area contributed by atoms with E-state index in [9.17, 15) is 14.4 Å². The molecule has 11 nitrogen and oxygen atoms in total. The quantitative estimate of drug-likeness (QED) is 0.235. The van der Waals surface area contributed by atoms with Gasteiger partial charge in [-0.1, -0.05) is 0 Å². The Morgan fingerprint density at radius 3 is 2.50 bits per heavy atom. The number of rotatable bonds is 7. The van der Waals surface area contributed by atoms with Crippen LogP contribution < -0.4 is 22.1 Å². The monoisotopic (exact) mass is 525 g/mol. The highest BCUT2D eigenvalue weighted by atomic mass is 16.2. The molecule has 2 unspecified atom stereocenters. The van der Waals surface area contributed by atoms with Crippen LogP contribution in [0.15, 0.2) is 4.99 Å². The first-order valence-corrected chi connectivity index (χ1v) is 13.9. The molecule has 38 heavy (non-hydrogen) atoms. The van der Waals surface area contributed by atoms with Crippen molar-refractivity contribution in [2.24, 2.45) is 35.3 Å². The number of hydrogen-bond donors (Lipinski definition) is 4. The highest BCUT2D eigenvalue weighted by Gasteiger charge is 2.38. The third kappa shape index (κ3) is 5.15. The van der Waals surface area contributed by atoms with E-state index in [0.717, 1.165) is 49.8 Å². The Kier molecular flexibility index (Phi) is 7.19. The summed E-state index contributed by atoms with van der Waals surface area (Å²) < 4.78 is 3.77. The third-order valence-corrected chi connectivity index (χ3v) is 8.68. The molecule has 0 bridgehead atoms. The van der Waals surface area contributed by atoms with E-state index in [2.05, 4.69) is 10.6 Å². The summed E-state index contributed by atoms with van der Waals surface area (Å²) in [7, 11) is 1.92. The molecule has 3 amide bonds. The van der Waals surface area contributed by atoms with E-state index in [4.69, 9.17) is 16.5 Å². The number of nitrogens with one attached hydrogen (secondary N) is 2. The number of nitrogens with zero attached hydrogens (tertiary/aromatic N) is 4. The van der Waals surface area contributed by atoms with Gasteiger partial charge < -0.3 is 31.6 Å². The van der Waals surface area contributed by atoms with Crippen molar-refractivity contribution in [1.82, 2.24) is 14.8 Å². The minimum Gasteiger partial charge on any atom is -0.352 e. The zero-order chi connectivity index (χ0) is 27.1. The summed E-state index contributed by atoms with van der Waals surface area (Å²) in [4.78, 5) is 44.7. The minimum absolute atomic E-state index is 0.0191. The lowest BCUT2D eigenvalue weighted by Crippen LogP contribution is -2.44. The van der Waals surface area contributed by atoms with Crippen LogP contribution in [-0.4, -0.2) is 75.3 Å². The number of guanidine groups is 1. The van der Waals surface area contributed by atoms with Gasteiger partial charge in [-0.15, -0.1) is 4.99 Å². The number of carbonyl (C=O) groups is 3. The van der Waals surface area contributed by atoms with Crippen LogP contribution in [0.2, 0.25) is 0 Å². The normalized spacial score (nSPS) is 25.8. The van der Waals surface area contributed by atoms with Crippen molar-refractivity contribution < 1.29 is 19.0 Å². The maximum absolute atomic E-state index is 13.5. The van der Waals surface area contributed by atoms with Crippen LogP contribution >= 0.6 is 0 Å². The van der Waals surface area contributed by atoms with Crippen molar-refractivity contribution in [2.45, 2.75) is 83.3 Å². The average Bonchev–Trinajstić information content (AvgIpc) is 3.81. The van der Waals surface area contributed by atoms with E-state index in [1.165, 1.54) is 6.34 Å². The zero-order valence-electron chi connectivity index (χ0n) is 22.7. The smallest absolute Gasteiger partial charge is 0.339 e. The highest BCUT2D eigenvalue weighted by Crippen LogP contribution is 2.36. The van der Waals surface area contributed by atoms with Crippen molar-refractivity contribution in [3.63, 3.8) is 0 Å². The fourth-order valence-electron chi connectivity index (χ4n) is 5.97. The Hall–Kier alpha value is -3.37. The summed E-state index contributed by atoms with van der Waals surface area (Å²) in [6, 6.07) is -0.205. The first kappa shape index (κ1) is 26.2. The molecule has 0 spiro atoms. The van der Waals surface area contributed by atoms with Gasteiger partial charge in [-0.25, -0.2) is 4.58 Å². The van der Waals surface area contributed by atoms with Crippen molar-refractivity contribution >= 4 is 35.8 Å². The van der Waals surface area contributed by atoms with E-state index in [1.807, 2.05) is 23.4 Å². The molecule has 3 fully saturated rings. The summed E-state index contributed by atoms with van der Waals surface area (Å²) in [5.74, 6) is 1.36. The van der Waals surface area contributed by atoms with Gasteiger partial charge in [0.1, 0.15) is 11.9 Å². The molecular formula is C27H41N8O3+. The van der Waals surface area contributed by atoms with Crippen LogP contribution in [0, 0.1) is 11.8 Å². The largest absolute Gasteiger partial charge is 0.352 e. The topological polar surface area (TPSA) is 151 Å². The molecule has 1 saturated heterocycles. The maximum Gasteiger partial charge on any atom is 0.339 e. The number of aliphatic imine (C=N–C) groups is 1. The van der Waals surface area contributed by atoms with Crippen LogP contribution in [0.3, 0.4) is 0 Å². The third-order valence-electron chi connectivity index (χ3n) is 8.68. The maximum atomic E-state index is 13.5. The summed E-state index contributed by atoms with van der Waals surface area (Å²) in [5.41, 5.74) is 15.1. The summed E-state index contributed by atoms with van der Waals surface area (Å²) in [6.45, 7) is 4.88. The fraction of sp³-hybridized carbons (Fsp3) is 0.667. The molecule has 5 rings (SSSR count). The van der Waals surface area contributed by atoms with Crippen LogP contribution in [0.1, 0.15) is 74.0 Å². The second-order valence-electron chi connectivity index (χ2n) is 11.4. The molecule has 3 aliphatic carbocycles. The minimum atomic E-state index is -0.144. The number of anilines is 1. The second kappa shape index (κ2) is 10.4. The van der Waals surface area contributed by atoms with Crippen LogP contribution in [0.4, 0.5) is 5.82 Å². The van der Waals surface area contributed by atoms with Gasteiger partial charge in [0.15, 0.2) is 6.34 Å². The van der Waals surface area contributed by atoms with Gasteiger partial charge in [-0.2, -0.15) is 0 Å². The van der Waals surface area contributed by atoms with E-state index in [1.54, 1.807) is 11.5 Å². The van der Waals surface area contributed by atoms with E-state index in [-0.39, 0.29) is 41.8 Å². The highest BCUT2D eigenvalue weighted by molar-refractivity contribution is 6.05. The van der Waals surface area contributed by atoms with Gasteiger partial charge >= 0.3 is 5.96 Å². The van der Waals surface area contributed by atoms with Gasteiger partial charge in [0, 0.05) is 51.5 Å². The Bertz CT molecular complexity index is 1190. The average molecular weight is 526 g/mol. The predicted octanol–water partition coefficient (Wildman–Crippen LogP) is 0.694. The molecule has 1 aromatic rings. The molecule has 1 aromatic heterocycles. The fourth-order valence-corrected chi connectivity index (χ4v) is 5.97. The molecule has 206 valence electrons. The molecule has 6 N–H and O–H groups in total. The Labute approximate surface area is 223 Å². The van der Waals surface area contributed by atoms with Crippen LogP contribution in [0.5, 0.6) is 0 Å². The number of aromatic nitrogens is 1. The van der Waals surface area contributed by atoms with E-state index >= 15 is 0 Å². The molecule has 4 aliphatic rings. The number of nitrogens with two attached hydrogens (primary N) is 2. The van der Waals surface area contributed by atoms with Gasteiger partial charge in [-0.05, 0) is 56.9 Å². The Morgan fingerprint density at radius 2 is 1.89 bits per heavy atom. The summed E-state index contributed by atoms with van der Waals surface area (Å²) in [5, 5.41) is 6.17. The Morgan fingerprint density at radius 1 is 1.16 bits per heavy atom. The molecule has 2 heterocycles. The summed E-state index contributed by atoms with van der Waals surface area (Å²) >= 11 is 0. The first-order chi connectivity index (χ1) is 18.2. The van der Waals surface area contributed by atoms with Crippen molar-refractivity contribution in [2.75, 3.05) is 18.4 Å². The second-order valence-corrected chi connectivity index (χ2v) is 11.4. The molecule has 2 saturated carbocycles. The predicted molar refractivity (Wildman–Crippen MR) is 145 cm³/mol. The number of hydrogen-bond acceptors (Lipinski definition) is 4. The molecular weight excluding hydrogens is 484 g/mol. The number of fused-ring (bicyclic) bond motifs is 1. The van der Waals surface area contributed by atoms with Gasteiger partial charge in [0.2, 0.25) is 11.8 Å². The van der Waals surface area contributed by atoms with Crippen LogP contribution in [0.25, 0.3) is 0 Å². The van der Waals surface area contributed by atoms with Crippen molar-refractivity contribution in [1.29, 1.82) is 0 Å². The van der Waals surface area contributed by atoms with Crippen molar-refractivity contribution in [3.8, 4) is 0 Å². The lowest BCUT2D eigenvalue weighted by molar-refractivity contribution is -0.455. The molecule has 0 radical (unpaired) electrons. The van der Waals surface area contributed by atoms with Crippen molar-refractivity contribution in [3.05, 3.63) is 16.8 Å². The Balaban J connectivity index is 1.40. The molecule has 11 heteroatoms. The van der Waals surface area contributed by atoms with Gasteiger partial charge in [-0.3, -0.25) is 14.4 Å². The lowest BCUT2D eigenvalue weighted by atomic mass is 9.90. The molecule has 0 aromatic carbocycles. The van der Waals surface area contributed by atoms with Gasteiger partial charge in [0.05, 0.1) is 17.6 Å². The number of likely N-dealkylation sites (tertiary alicyclic amines) is 1. The SMILES string of the molecule is CC(=O)N1CCC(N=C(N)[N+](=CN)[C@H]2CCc3c(c(C(=O)NCC4CC4)c(NC(=O)C4CC4)n3C)C2)C1C. The summed E-state index contributed by atoms with van der Waals surface area (Å²) in [6.07, 6.45) is 8.33. The number of carbonyl (C=O) groups excluding carboxylic acids is 3. The molecule has 3 atom stereocenters. The first-order valence-electron chi connectivity index (χ1n) is 13.9. The lowest BCUT2D eigenvalue weighted by Gasteiger charge is -2.25. The molecule has 1 aliphatic heterocycles. The van der Waals surface area contributed by atoms with Crippen LogP contribution in [-0.2, 0) is 29.5 Å². The van der Waals surface area contributed by atoms with E-state index in [0.29, 0.717) is 49.2 Å².